The fourth-order valence-corrected chi connectivity index (χ4v) is 4.17. The van der Waals surface area contributed by atoms with Crippen LogP contribution in [-0.4, -0.2) is 45.2 Å². The normalized spacial score (nSPS) is 16.6. The number of rotatable bonds is 9. The predicted octanol–water partition coefficient (Wildman–Crippen LogP) is 3.04. The van der Waals surface area contributed by atoms with Crippen molar-refractivity contribution in [2.24, 2.45) is 0 Å². The molecule has 9 nitrogen and oxygen atoms in total. The van der Waals surface area contributed by atoms with Crippen LogP contribution in [-0.2, 0) is 16.1 Å². The van der Waals surface area contributed by atoms with Crippen LogP contribution in [0.5, 0.6) is 0 Å². The number of esters is 1. The number of carbonyl (C=O) groups excluding carboxylic acids is 2. The van der Waals surface area contributed by atoms with E-state index < -0.39 is 5.97 Å². The molecule has 0 spiro atoms. The number of hydrogen-bond donors (Lipinski definition) is 2. The van der Waals surface area contributed by atoms with E-state index in [4.69, 9.17) is 9.15 Å². The maximum atomic E-state index is 12.5. The highest BCUT2D eigenvalue weighted by molar-refractivity contribution is 7.99. The predicted molar refractivity (Wildman–Crippen MR) is 112 cm³/mol. The standard InChI is InChI=1S/C20H27N5O4S/c1-5-14-16(18(26)28-6-2)15(22-19(27)21-14)11-30-20-24-23-17(12(3)4)25(20)10-13-8-7-9-29-13/h7-9,12,14H,5-6,10-11H2,1-4H3,(H2,21,22,27). The highest BCUT2D eigenvalue weighted by atomic mass is 32.2. The average Bonchev–Trinajstić information content (AvgIpc) is 3.36. The van der Waals surface area contributed by atoms with Crippen molar-refractivity contribution in [2.45, 2.75) is 57.8 Å². The number of urea groups is 1. The molecule has 2 aromatic heterocycles. The van der Waals surface area contributed by atoms with E-state index in [1.54, 1.807) is 13.2 Å². The lowest BCUT2D eigenvalue weighted by Gasteiger charge is -2.28. The highest BCUT2D eigenvalue weighted by Crippen LogP contribution is 2.27. The molecule has 0 fully saturated rings. The summed E-state index contributed by atoms with van der Waals surface area (Å²) < 4.78 is 12.7. The first kappa shape index (κ1) is 21.9. The maximum Gasteiger partial charge on any atom is 0.337 e. The molecule has 0 saturated carbocycles. The number of nitrogens with one attached hydrogen (secondary N) is 2. The van der Waals surface area contributed by atoms with Gasteiger partial charge >= 0.3 is 12.0 Å². The van der Waals surface area contributed by atoms with Gasteiger partial charge in [0.05, 0.1) is 31.0 Å². The Balaban J connectivity index is 1.88. The van der Waals surface area contributed by atoms with Crippen molar-refractivity contribution in [1.82, 2.24) is 25.4 Å². The van der Waals surface area contributed by atoms with E-state index in [2.05, 4.69) is 34.7 Å². The molecule has 162 valence electrons. The van der Waals surface area contributed by atoms with E-state index >= 15 is 0 Å². The Morgan fingerprint density at radius 3 is 2.80 bits per heavy atom. The number of thioether (sulfide) groups is 1. The van der Waals surface area contributed by atoms with Crippen LogP contribution < -0.4 is 10.6 Å². The lowest BCUT2D eigenvalue weighted by atomic mass is 10.0. The minimum absolute atomic E-state index is 0.180. The number of nitrogens with zero attached hydrogens (tertiary/aromatic N) is 3. The molecule has 2 amide bonds. The Morgan fingerprint density at radius 1 is 1.37 bits per heavy atom. The molecule has 1 aliphatic heterocycles. The first-order valence-electron chi connectivity index (χ1n) is 10.00. The molecule has 10 heteroatoms. The Labute approximate surface area is 179 Å². The van der Waals surface area contributed by atoms with Gasteiger partial charge in [-0.2, -0.15) is 0 Å². The lowest BCUT2D eigenvalue weighted by molar-refractivity contribution is -0.139. The van der Waals surface area contributed by atoms with Gasteiger partial charge in [0.2, 0.25) is 0 Å². The average molecular weight is 434 g/mol. The van der Waals surface area contributed by atoms with Gasteiger partial charge in [-0.25, -0.2) is 9.59 Å². The smallest absolute Gasteiger partial charge is 0.337 e. The van der Waals surface area contributed by atoms with Crippen molar-refractivity contribution in [3.05, 3.63) is 41.3 Å². The summed E-state index contributed by atoms with van der Waals surface area (Å²) in [4.78, 5) is 24.6. The topological polar surface area (TPSA) is 111 Å². The second kappa shape index (κ2) is 9.84. The van der Waals surface area contributed by atoms with Crippen molar-refractivity contribution in [2.75, 3.05) is 12.4 Å². The first-order valence-corrected chi connectivity index (χ1v) is 11.0. The number of hydrogen-bond acceptors (Lipinski definition) is 7. The van der Waals surface area contributed by atoms with Gasteiger partial charge in [-0.15, -0.1) is 10.2 Å². The number of amides is 2. The summed E-state index contributed by atoms with van der Waals surface area (Å²) in [6, 6.07) is 3.03. The fraction of sp³-hybridized carbons (Fsp3) is 0.500. The number of furan rings is 1. The summed E-state index contributed by atoms with van der Waals surface area (Å²) in [6.07, 6.45) is 2.22. The van der Waals surface area contributed by atoms with Crippen molar-refractivity contribution < 1.29 is 18.7 Å². The minimum atomic E-state index is -0.424. The molecule has 30 heavy (non-hydrogen) atoms. The van der Waals surface area contributed by atoms with Crippen LogP contribution >= 0.6 is 11.8 Å². The molecule has 0 aliphatic carbocycles. The van der Waals surface area contributed by atoms with Crippen molar-refractivity contribution >= 4 is 23.8 Å². The first-order chi connectivity index (χ1) is 14.4. The van der Waals surface area contributed by atoms with Gasteiger partial charge in [-0.05, 0) is 25.5 Å². The summed E-state index contributed by atoms with van der Waals surface area (Å²) in [6.45, 7) is 8.55. The van der Waals surface area contributed by atoms with Crippen LogP contribution in [0.1, 0.15) is 51.6 Å². The summed E-state index contributed by atoms with van der Waals surface area (Å²) in [5.41, 5.74) is 0.986. The fourth-order valence-electron chi connectivity index (χ4n) is 3.25. The molecule has 1 atom stereocenters. The van der Waals surface area contributed by atoms with E-state index in [1.807, 2.05) is 23.6 Å². The molecule has 1 aliphatic rings. The third kappa shape index (κ3) is 4.86. The van der Waals surface area contributed by atoms with Gasteiger partial charge < -0.3 is 19.8 Å². The van der Waals surface area contributed by atoms with Crippen molar-refractivity contribution in [3.8, 4) is 0 Å². The van der Waals surface area contributed by atoms with Crippen LogP contribution in [0.15, 0.2) is 39.2 Å². The molecule has 0 aromatic carbocycles. The van der Waals surface area contributed by atoms with Crippen LogP contribution in [0.25, 0.3) is 0 Å². The van der Waals surface area contributed by atoms with E-state index in [0.29, 0.717) is 35.1 Å². The highest BCUT2D eigenvalue weighted by Gasteiger charge is 2.31. The Bertz CT molecular complexity index is 920. The Kier molecular flexibility index (Phi) is 7.20. The van der Waals surface area contributed by atoms with E-state index in [9.17, 15) is 9.59 Å². The summed E-state index contributed by atoms with van der Waals surface area (Å²) in [5.74, 6) is 1.75. The largest absolute Gasteiger partial charge is 0.467 e. The number of carbonyl (C=O) groups is 2. The Morgan fingerprint density at radius 2 is 2.17 bits per heavy atom. The second-order valence-electron chi connectivity index (χ2n) is 7.12. The molecule has 2 N–H and O–H groups in total. The SMILES string of the molecule is CCOC(=O)C1=C(CSc2nnc(C(C)C)n2Cc2ccco2)NC(=O)NC1CC. The molecule has 0 saturated heterocycles. The monoisotopic (exact) mass is 433 g/mol. The van der Waals surface area contributed by atoms with Gasteiger partial charge in [0.1, 0.15) is 11.6 Å². The molecule has 1 unspecified atom stereocenters. The molecule has 2 aromatic rings. The maximum absolute atomic E-state index is 12.5. The summed E-state index contributed by atoms with van der Waals surface area (Å²) in [5, 5.41) is 14.9. The molecular formula is C20H27N5O4S. The minimum Gasteiger partial charge on any atom is -0.467 e. The summed E-state index contributed by atoms with van der Waals surface area (Å²) >= 11 is 1.41. The molecule has 0 bridgehead atoms. The van der Waals surface area contributed by atoms with Gasteiger partial charge in [-0.1, -0.05) is 32.5 Å². The number of ether oxygens (including phenoxy) is 1. The van der Waals surface area contributed by atoms with Crippen LogP contribution in [0.4, 0.5) is 4.79 Å². The van der Waals surface area contributed by atoms with Crippen LogP contribution in [0.2, 0.25) is 0 Å². The third-order valence-electron chi connectivity index (χ3n) is 4.65. The van der Waals surface area contributed by atoms with E-state index in [-0.39, 0.29) is 24.6 Å². The van der Waals surface area contributed by atoms with Crippen molar-refractivity contribution in [1.29, 1.82) is 0 Å². The van der Waals surface area contributed by atoms with E-state index in [0.717, 1.165) is 11.6 Å². The zero-order valence-corrected chi connectivity index (χ0v) is 18.4. The van der Waals surface area contributed by atoms with Crippen molar-refractivity contribution in [3.63, 3.8) is 0 Å². The molecule has 3 heterocycles. The van der Waals surface area contributed by atoms with Gasteiger partial charge in [0.15, 0.2) is 5.16 Å². The zero-order chi connectivity index (χ0) is 21.7. The van der Waals surface area contributed by atoms with E-state index in [1.165, 1.54) is 11.8 Å². The van der Waals surface area contributed by atoms with Crippen LogP contribution in [0.3, 0.4) is 0 Å². The van der Waals surface area contributed by atoms with Gasteiger partial charge in [-0.3, -0.25) is 4.57 Å². The third-order valence-corrected chi connectivity index (χ3v) is 5.64. The molecule has 3 rings (SSSR count). The zero-order valence-electron chi connectivity index (χ0n) is 17.6. The summed E-state index contributed by atoms with van der Waals surface area (Å²) in [7, 11) is 0. The van der Waals surface area contributed by atoms with Crippen LogP contribution in [0, 0.1) is 0 Å². The Hall–Kier alpha value is -2.75. The molecular weight excluding hydrogens is 406 g/mol. The van der Waals surface area contributed by atoms with Gasteiger partial charge in [0.25, 0.3) is 0 Å². The second-order valence-corrected chi connectivity index (χ2v) is 8.06. The quantitative estimate of drug-likeness (QED) is 0.462. The lowest BCUT2D eigenvalue weighted by Crippen LogP contribution is -2.50. The molecule has 0 radical (unpaired) electrons. The van der Waals surface area contributed by atoms with Gasteiger partial charge in [0, 0.05) is 17.4 Å². The number of aromatic nitrogens is 3.